The van der Waals surface area contributed by atoms with E-state index in [2.05, 4.69) is 16.5 Å². The van der Waals surface area contributed by atoms with Crippen LogP contribution in [0.15, 0.2) is 30.3 Å². The second-order valence-corrected chi connectivity index (χ2v) is 8.05. The molecule has 0 spiro atoms. The van der Waals surface area contributed by atoms with Gasteiger partial charge in [-0.25, -0.2) is 9.48 Å². The first-order valence-electron chi connectivity index (χ1n) is 10.3. The minimum absolute atomic E-state index is 0.379. The SMILES string of the molecule is COc1cccc(Cn2nc(C)c(/C=C/C(=O)OCC(=O)NC3(C#N)CCCC3)c2Cl)c1. The third-order valence-corrected chi connectivity index (χ3v) is 5.76. The summed E-state index contributed by atoms with van der Waals surface area (Å²) in [5.74, 6) is -0.438. The van der Waals surface area contributed by atoms with E-state index in [4.69, 9.17) is 21.1 Å². The summed E-state index contributed by atoms with van der Waals surface area (Å²) in [5, 5.41) is 16.8. The number of rotatable bonds is 8. The number of hydrogen-bond donors (Lipinski definition) is 1. The fourth-order valence-electron chi connectivity index (χ4n) is 3.69. The fraction of sp³-hybridized carbons (Fsp3) is 0.391. The van der Waals surface area contributed by atoms with E-state index in [1.54, 1.807) is 18.7 Å². The predicted molar refractivity (Wildman–Crippen MR) is 119 cm³/mol. The minimum Gasteiger partial charge on any atom is -0.497 e. The zero-order valence-corrected chi connectivity index (χ0v) is 18.8. The molecule has 2 aromatic rings. The maximum Gasteiger partial charge on any atom is 0.331 e. The number of halogens is 1. The van der Waals surface area contributed by atoms with Crippen molar-refractivity contribution in [1.29, 1.82) is 5.26 Å². The Kier molecular flexibility index (Phi) is 7.54. The van der Waals surface area contributed by atoms with Gasteiger partial charge in [-0.05, 0) is 56.4 Å². The Labute approximate surface area is 191 Å². The summed E-state index contributed by atoms with van der Waals surface area (Å²) in [6.07, 6.45) is 5.72. The van der Waals surface area contributed by atoms with E-state index in [9.17, 15) is 14.9 Å². The minimum atomic E-state index is -0.846. The number of nitrogens with one attached hydrogen (secondary N) is 1. The fourth-order valence-corrected chi connectivity index (χ4v) is 3.98. The van der Waals surface area contributed by atoms with Crippen molar-refractivity contribution in [2.24, 2.45) is 0 Å². The molecule has 0 unspecified atom stereocenters. The topological polar surface area (TPSA) is 106 Å². The average Bonchev–Trinajstić information content (AvgIpc) is 3.35. The number of carbonyl (C=O) groups is 2. The largest absolute Gasteiger partial charge is 0.497 e. The number of ether oxygens (including phenoxy) is 2. The highest BCUT2D eigenvalue weighted by atomic mass is 35.5. The van der Waals surface area contributed by atoms with E-state index in [0.717, 1.165) is 24.2 Å². The van der Waals surface area contributed by atoms with Crippen LogP contribution in [0.5, 0.6) is 5.75 Å². The average molecular weight is 457 g/mol. The van der Waals surface area contributed by atoms with Gasteiger partial charge < -0.3 is 14.8 Å². The number of amides is 1. The molecule has 32 heavy (non-hydrogen) atoms. The Morgan fingerprint density at radius 3 is 2.81 bits per heavy atom. The van der Waals surface area contributed by atoms with Crippen LogP contribution in [0.4, 0.5) is 0 Å². The second-order valence-electron chi connectivity index (χ2n) is 7.69. The molecular formula is C23H25ClN4O4. The number of nitriles is 1. The van der Waals surface area contributed by atoms with Crippen LogP contribution >= 0.6 is 11.6 Å². The number of benzene rings is 1. The highest BCUT2D eigenvalue weighted by molar-refractivity contribution is 6.31. The van der Waals surface area contributed by atoms with Gasteiger partial charge in [-0.2, -0.15) is 10.4 Å². The molecule has 0 bridgehead atoms. The van der Waals surface area contributed by atoms with Crippen LogP contribution < -0.4 is 10.1 Å². The van der Waals surface area contributed by atoms with Crippen LogP contribution in [0.25, 0.3) is 6.08 Å². The van der Waals surface area contributed by atoms with Gasteiger partial charge in [0.25, 0.3) is 5.91 Å². The Bertz CT molecular complexity index is 1060. The lowest BCUT2D eigenvalue weighted by Gasteiger charge is -2.21. The summed E-state index contributed by atoms with van der Waals surface area (Å²) in [4.78, 5) is 24.1. The molecular weight excluding hydrogens is 432 g/mol. The monoisotopic (exact) mass is 456 g/mol. The highest BCUT2D eigenvalue weighted by Gasteiger charge is 2.35. The number of aryl methyl sites for hydroxylation is 1. The van der Waals surface area contributed by atoms with E-state index in [-0.39, 0.29) is 0 Å². The maximum atomic E-state index is 12.1. The Morgan fingerprint density at radius 2 is 2.12 bits per heavy atom. The van der Waals surface area contributed by atoms with Crippen LogP contribution in [0.2, 0.25) is 5.15 Å². The molecule has 0 saturated heterocycles. The summed E-state index contributed by atoms with van der Waals surface area (Å²) in [5.41, 5.74) is 1.36. The van der Waals surface area contributed by atoms with Crippen LogP contribution in [0.3, 0.4) is 0 Å². The molecule has 1 aliphatic carbocycles. The van der Waals surface area contributed by atoms with Gasteiger partial charge >= 0.3 is 5.97 Å². The number of aromatic nitrogens is 2. The van der Waals surface area contributed by atoms with Crippen LogP contribution in [-0.4, -0.2) is 40.9 Å². The molecule has 1 heterocycles. The normalized spacial score (nSPS) is 14.8. The maximum absolute atomic E-state index is 12.1. The molecule has 1 amide bonds. The van der Waals surface area contributed by atoms with Gasteiger partial charge in [-0.15, -0.1) is 0 Å². The van der Waals surface area contributed by atoms with Crippen molar-refractivity contribution in [2.75, 3.05) is 13.7 Å². The summed E-state index contributed by atoms with van der Waals surface area (Å²) in [7, 11) is 1.60. The molecule has 9 heteroatoms. The molecule has 8 nitrogen and oxygen atoms in total. The van der Waals surface area contributed by atoms with Gasteiger partial charge in [0, 0.05) is 11.6 Å². The third kappa shape index (κ3) is 5.68. The van der Waals surface area contributed by atoms with E-state index in [1.165, 1.54) is 12.2 Å². The Balaban J connectivity index is 1.58. The van der Waals surface area contributed by atoms with Gasteiger partial charge in [0.15, 0.2) is 6.61 Å². The number of carbonyl (C=O) groups excluding carboxylic acids is 2. The van der Waals surface area contributed by atoms with Crippen molar-refractivity contribution in [3.05, 3.63) is 52.3 Å². The summed E-state index contributed by atoms with van der Waals surface area (Å²) in [6.45, 7) is 1.78. The summed E-state index contributed by atoms with van der Waals surface area (Å²) in [6, 6.07) is 9.74. The molecule has 1 fully saturated rings. The first-order chi connectivity index (χ1) is 15.4. The lowest BCUT2D eigenvalue weighted by atomic mass is 10.00. The quantitative estimate of drug-likeness (QED) is 0.482. The summed E-state index contributed by atoms with van der Waals surface area (Å²) >= 11 is 6.46. The first kappa shape index (κ1) is 23.4. The number of hydrogen-bond acceptors (Lipinski definition) is 6. The number of methoxy groups -OCH3 is 1. The first-order valence-corrected chi connectivity index (χ1v) is 10.7. The second kappa shape index (κ2) is 10.3. The molecule has 168 valence electrons. The van der Waals surface area contributed by atoms with Gasteiger partial charge in [-0.3, -0.25) is 4.79 Å². The van der Waals surface area contributed by atoms with Crippen molar-refractivity contribution >= 4 is 29.6 Å². The van der Waals surface area contributed by atoms with Gasteiger partial charge in [-0.1, -0.05) is 23.7 Å². The molecule has 1 saturated carbocycles. The molecule has 0 aliphatic heterocycles. The smallest absolute Gasteiger partial charge is 0.331 e. The molecule has 0 atom stereocenters. The van der Waals surface area contributed by atoms with Crippen molar-refractivity contribution in [3.8, 4) is 11.8 Å². The van der Waals surface area contributed by atoms with Crippen molar-refractivity contribution in [1.82, 2.24) is 15.1 Å². The van der Waals surface area contributed by atoms with E-state index in [1.807, 2.05) is 24.3 Å². The lowest BCUT2D eigenvalue weighted by molar-refractivity contribution is -0.144. The van der Waals surface area contributed by atoms with Gasteiger partial charge in [0.2, 0.25) is 0 Å². The van der Waals surface area contributed by atoms with Crippen molar-refractivity contribution < 1.29 is 19.1 Å². The van der Waals surface area contributed by atoms with Crippen molar-refractivity contribution in [2.45, 2.75) is 44.7 Å². The molecule has 1 aromatic carbocycles. The van der Waals surface area contributed by atoms with Crippen molar-refractivity contribution in [3.63, 3.8) is 0 Å². The van der Waals surface area contributed by atoms with E-state index in [0.29, 0.717) is 35.8 Å². The zero-order chi connectivity index (χ0) is 23.1. The van der Waals surface area contributed by atoms with E-state index < -0.39 is 24.0 Å². The zero-order valence-electron chi connectivity index (χ0n) is 18.1. The predicted octanol–water partition coefficient (Wildman–Crippen LogP) is 3.41. The molecule has 3 rings (SSSR count). The van der Waals surface area contributed by atoms with Gasteiger partial charge in [0.1, 0.15) is 16.4 Å². The van der Waals surface area contributed by atoms with E-state index >= 15 is 0 Å². The Hall–Kier alpha value is -3.31. The number of nitrogens with zero attached hydrogens (tertiary/aromatic N) is 3. The molecule has 1 N–H and O–H groups in total. The van der Waals surface area contributed by atoms with Crippen LogP contribution in [0.1, 0.15) is 42.5 Å². The standard InChI is InChI=1S/C23H25ClN4O4/c1-16-19(22(24)28(27-16)13-17-6-5-7-18(12-17)31-2)8-9-21(30)32-14-20(29)26-23(15-25)10-3-4-11-23/h5-9,12H,3-4,10-11,13-14H2,1-2H3,(H,26,29)/b9-8+. The van der Waals surface area contributed by atoms with Crippen LogP contribution in [0, 0.1) is 18.3 Å². The lowest BCUT2D eigenvalue weighted by Crippen LogP contribution is -2.46. The molecule has 0 radical (unpaired) electrons. The molecule has 1 aromatic heterocycles. The third-order valence-electron chi connectivity index (χ3n) is 5.36. The molecule has 1 aliphatic rings. The van der Waals surface area contributed by atoms with Gasteiger partial charge in [0.05, 0.1) is 25.4 Å². The highest BCUT2D eigenvalue weighted by Crippen LogP contribution is 2.28. The summed E-state index contributed by atoms with van der Waals surface area (Å²) < 4.78 is 11.9. The number of esters is 1. The van der Waals surface area contributed by atoms with Crippen LogP contribution in [-0.2, 0) is 20.9 Å². The Morgan fingerprint density at radius 1 is 1.38 bits per heavy atom.